The fourth-order valence-corrected chi connectivity index (χ4v) is 1.21. The molecule has 1 rings (SSSR count). The zero-order chi connectivity index (χ0) is 7.56. The van der Waals surface area contributed by atoms with E-state index >= 15 is 0 Å². The van der Waals surface area contributed by atoms with Gasteiger partial charge in [-0.1, -0.05) is 6.92 Å². The third-order valence-corrected chi connectivity index (χ3v) is 1.96. The van der Waals surface area contributed by atoms with Crippen molar-refractivity contribution in [1.82, 2.24) is 5.32 Å². The SMILES string of the molecule is C[C@@H]1CC[C@@H](C(=O)O)NC1. The third-order valence-electron chi connectivity index (χ3n) is 1.96. The molecule has 1 heterocycles. The van der Waals surface area contributed by atoms with E-state index < -0.39 is 5.97 Å². The van der Waals surface area contributed by atoms with Crippen molar-refractivity contribution in [2.75, 3.05) is 6.54 Å². The van der Waals surface area contributed by atoms with Crippen LogP contribution in [0.4, 0.5) is 0 Å². The molecule has 3 heteroatoms. The van der Waals surface area contributed by atoms with E-state index in [4.69, 9.17) is 5.11 Å². The first-order chi connectivity index (χ1) is 4.70. The van der Waals surface area contributed by atoms with Crippen LogP contribution >= 0.6 is 0 Å². The first-order valence-electron chi connectivity index (χ1n) is 3.66. The van der Waals surface area contributed by atoms with Crippen LogP contribution < -0.4 is 5.32 Å². The maximum Gasteiger partial charge on any atom is 0.320 e. The van der Waals surface area contributed by atoms with Gasteiger partial charge in [0.25, 0.3) is 0 Å². The first kappa shape index (κ1) is 7.54. The fraction of sp³-hybridized carbons (Fsp3) is 0.857. The summed E-state index contributed by atoms with van der Waals surface area (Å²) in [6, 6.07) is -0.295. The second-order valence-electron chi connectivity index (χ2n) is 2.98. The van der Waals surface area contributed by atoms with Gasteiger partial charge in [0, 0.05) is 0 Å². The number of hydrogen-bond acceptors (Lipinski definition) is 2. The summed E-state index contributed by atoms with van der Waals surface area (Å²) in [7, 11) is 0. The van der Waals surface area contributed by atoms with Gasteiger partial charge in [0.15, 0.2) is 0 Å². The topological polar surface area (TPSA) is 49.3 Å². The largest absolute Gasteiger partial charge is 0.480 e. The van der Waals surface area contributed by atoms with Gasteiger partial charge in [-0.25, -0.2) is 0 Å². The molecular weight excluding hydrogens is 130 g/mol. The van der Waals surface area contributed by atoms with Gasteiger partial charge < -0.3 is 10.4 Å². The first-order valence-corrected chi connectivity index (χ1v) is 3.66. The highest BCUT2D eigenvalue weighted by molar-refractivity contribution is 5.73. The Morgan fingerprint density at radius 3 is 2.70 bits per heavy atom. The summed E-state index contributed by atoms with van der Waals surface area (Å²) in [5.41, 5.74) is 0. The predicted molar refractivity (Wildman–Crippen MR) is 37.8 cm³/mol. The van der Waals surface area contributed by atoms with Crippen molar-refractivity contribution in [3.8, 4) is 0 Å². The second kappa shape index (κ2) is 3.01. The summed E-state index contributed by atoms with van der Waals surface area (Å²) in [6.45, 7) is 2.97. The van der Waals surface area contributed by atoms with Crippen LogP contribution in [0.25, 0.3) is 0 Å². The normalized spacial score (nSPS) is 33.7. The Balaban J connectivity index is 2.33. The summed E-state index contributed by atoms with van der Waals surface area (Å²) >= 11 is 0. The quantitative estimate of drug-likeness (QED) is 0.560. The summed E-state index contributed by atoms with van der Waals surface area (Å²) in [6.07, 6.45) is 1.81. The highest BCUT2D eigenvalue weighted by Gasteiger charge is 2.22. The average Bonchev–Trinajstić information content (AvgIpc) is 1.88. The Labute approximate surface area is 60.4 Å². The van der Waals surface area contributed by atoms with E-state index in [1.165, 1.54) is 0 Å². The van der Waals surface area contributed by atoms with Gasteiger partial charge in [0.05, 0.1) is 0 Å². The van der Waals surface area contributed by atoms with Crippen molar-refractivity contribution >= 4 is 5.97 Å². The van der Waals surface area contributed by atoms with Gasteiger partial charge >= 0.3 is 5.97 Å². The van der Waals surface area contributed by atoms with Crippen molar-refractivity contribution in [2.45, 2.75) is 25.8 Å². The van der Waals surface area contributed by atoms with Crippen molar-refractivity contribution in [3.05, 3.63) is 0 Å². The molecule has 0 radical (unpaired) electrons. The zero-order valence-electron chi connectivity index (χ0n) is 6.13. The molecule has 1 aliphatic heterocycles. The maximum absolute atomic E-state index is 10.4. The Hall–Kier alpha value is -0.570. The lowest BCUT2D eigenvalue weighted by Crippen LogP contribution is -2.43. The standard InChI is InChI=1S/C7H13NO2/c1-5-2-3-6(7(9)10)8-4-5/h5-6,8H,2-4H2,1H3,(H,9,10)/t5-,6+/m1/s1. The summed E-state index contributed by atoms with van der Waals surface area (Å²) in [5, 5.41) is 11.5. The monoisotopic (exact) mass is 143 g/mol. The highest BCUT2D eigenvalue weighted by Crippen LogP contribution is 2.12. The number of nitrogens with one attached hydrogen (secondary N) is 1. The second-order valence-corrected chi connectivity index (χ2v) is 2.98. The van der Waals surface area contributed by atoms with Crippen molar-refractivity contribution in [3.63, 3.8) is 0 Å². The van der Waals surface area contributed by atoms with Crippen LogP contribution in [0.3, 0.4) is 0 Å². The molecule has 0 aromatic rings. The van der Waals surface area contributed by atoms with Crippen LogP contribution in [0, 0.1) is 5.92 Å². The van der Waals surface area contributed by atoms with E-state index in [2.05, 4.69) is 12.2 Å². The minimum Gasteiger partial charge on any atom is -0.480 e. The Bertz CT molecular complexity index is 128. The molecule has 3 nitrogen and oxygen atoms in total. The van der Waals surface area contributed by atoms with Gasteiger partial charge in [-0.05, 0) is 25.3 Å². The fourth-order valence-electron chi connectivity index (χ4n) is 1.21. The van der Waals surface area contributed by atoms with E-state index in [1.807, 2.05) is 0 Å². The Kier molecular flexibility index (Phi) is 2.27. The minimum absolute atomic E-state index is 0.295. The molecule has 0 aliphatic carbocycles. The number of carbonyl (C=O) groups is 1. The molecule has 0 amide bonds. The zero-order valence-corrected chi connectivity index (χ0v) is 6.13. The van der Waals surface area contributed by atoms with E-state index in [0.717, 1.165) is 19.4 Å². The van der Waals surface area contributed by atoms with Crippen LogP contribution in [0.5, 0.6) is 0 Å². The number of carboxylic acid groups (broad SMARTS) is 1. The number of rotatable bonds is 1. The summed E-state index contributed by atoms with van der Waals surface area (Å²) in [4.78, 5) is 10.4. The van der Waals surface area contributed by atoms with E-state index in [1.54, 1.807) is 0 Å². The maximum atomic E-state index is 10.4. The molecule has 0 aromatic heterocycles. The average molecular weight is 143 g/mol. The molecule has 0 spiro atoms. The molecule has 2 N–H and O–H groups in total. The van der Waals surface area contributed by atoms with Gasteiger partial charge in [-0.3, -0.25) is 4.79 Å². The van der Waals surface area contributed by atoms with E-state index in [-0.39, 0.29) is 6.04 Å². The Morgan fingerprint density at radius 2 is 2.30 bits per heavy atom. The van der Waals surface area contributed by atoms with E-state index in [9.17, 15) is 4.79 Å². The number of hydrogen-bond donors (Lipinski definition) is 2. The van der Waals surface area contributed by atoms with Crippen molar-refractivity contribution in [1.29, 1.82) is 0 Å². The molecule has 0 aromatic carbocycles. The number of aliphatic carboxylic acids is 1. The molecule has 58 valence electrons. The molecule has 0 bridgehead atoms. The Morgan fingerprint density at radius 1 is 1.60 bits per heavy atom. The van der Waals surface area contributed by atoms with Crippen LogP contribution in [0.15, 0.2) is 0 Å². The summed E-state index contributed by atoms with van der Waals surface area (Å²) < 4.78 is 0. The lowest BCUT2D eigenvalue weighted by atomic mass is 9.97. The molecular formula is C7H13NO2. The van der Waals surface area contributed by atoms with Crippen LogP contribution in [0.1, 0.15) is 19.8 Å². The lowest BCUT2D eigenvalue weighted by Gasteiger charge is -2.24. The van der Waals surface area contributed by atoms with Gasteiger partial charge in [0.1, 0.15) is 6.04 Å². The predicted octanol–water partition coefficient (Wildman–Crippen LogP) is 0.459. The van der Waals surface area contributed by atoms with Crippen LogP contribution in [-0.2, 0) is 4.79 Å². The number of piperidine rings is 1. The smallest absolute Gasteiger partial charge is 0.320 e. The third kappa shape index (κ3) is 1.70. The van der Waals surface area contributed by atoms with Crippen LogP contribution in [0.2, 0.25) is 0 Å². The van der Waals surface area contributed by atoms with Gasteiger partial charge in [0.2, 0.25) is 0 Å². The number of carboxylic acids is 1. The highest BCUT2D eigenvalue weighted by atomic mass is 16.4. The molecule has 1 fully saturated rings. The van der Waals surface area contributed by atoms with Gasteiger partial charge in [-0.2, -0.15) is 0 Å². The molecule has 1 aliphatic rings. The van der Waals surface area contributed by atoms with Crippen molar-refractivity contribution < 1.29 is 9.90 Å². The summed E-state index contributed by atoms with van der Waals surface area (Å²) in [5.74, 6) is -0.0810. The molecule has 1 saturated heterocycles. The van der Waals surface area contributed by atoms with Gasteiger partial charge in [-0.15, -0.1) is 0 Å². The molecule has 0 unspecified atom stereocenters. The molecule has 10 heavy (non-hydrogen) atoms. The van der Waals surface area contributed by atoms with E-state index in [0.29, 0.717) is 5.92 Å². The molecule has 2 atom stereocenters. The van der Waals surface area contributed by atoms with Crippen molar-refractivity contribution in [2.24, 2.45) is 5.92 Å². The minimum atomic E-state index is -0.716. The lowest BCUT2D eigenvalue weighted by molar-refractivity contribution is -0.140. The molecule has 0 saturated carbocycles. The van der Waals surface area contributed by atoms with Crippen LogP contribution in [-0.4, -0.2) is 23.7 Å².